The Kier molecular flexibility index (Phi) is 3.44. The van der Waals surface area contributed by atoms with Gasteiger partial charge in [0, 0.05) is 42.3 Å². The van der Waals surface area contributed by atoms with Crippen molar-refractivity contribution in [3.8, 4) is 0 Å². The van der Waals surface area contributed by atoms with Crippen molar-refractivity contribution in [2.75, 3.05) is 13.1 Å². The van der Waals surface area contributed by atoms with Crippen molar-refractivity contribution >= 4 is 22.9 Å². The van der Waals surface area contributed by atoms with Gasteiger partial charge in [0.05, 0.1) is 5.54 Å². The lowest BCUT2D eigenvalue weighted by molar-refractivity contribution is 0.0880. The average Bonchev–Trinajstić information content (AvgIpc) is 3.07. The molecule has 2 aromatic rings. The van der Waals surface area contributed by atoms with Crippen LogP contribution >= 0.6 is 0 Å². The minimum atomic E-state index is -0.841. The van der Waals surface area contributed by atoms with Gasteiger partial charge in [-0.25, -0.2) is 4.79 Å². The number of pyridine rings is 1. The summed E-state index contributed by atoms with van der Waals surface area (Å²) >= 11 is 0. The molecule has 1 saturated carbocycles. The number of carbonyl (C=O) groups is 2. The lowest BCUT2D eigenvalue weighted by Gasteiger charge is -2.35. The standard InChI is InChI=1S/C17H20N4O3/c22-15(14-7-11-9-18-5-3-13(11)20-14)19-10-12-8-17(12)4-1-2-6-21(17)16(23)24/h3,5,7,9,12,20H,1-2,4,6,8,10H2,(H,19,22)(H,23,24). The molecule has 2 fully saturated rings. The molecule has 2 atom stereocenters. The first-order chi connectivity index (χ1) is 11.6. The molecule has 2 aromatic heterocycles. The van der Waals surface area contributed by atoms with Crippen molar-refractivity contribution in [3.05, 3.63) is 30.2 Å². The number of amides is 2. The van der Waals surface area contributed by atoms with E-state index in [1.165, 1.54) is 0 Å². The van der Waals surface area contributed by atoms with Crippen LogP contribution in [0.5, 0.6) is 0 Å². The highest BCUT2D eigenvalue weighted by Gasteiger charge is 2.60. The first-order valence-electron chi connectivity index (χ1n) is 8.32. The van der Waals surface area contributed by atoms with Crippen molar-refractivity contribution in [1.82, 2.24) is 20.2 Å². The van der Waals surface area contributed by atoms with Crippen molar-refractivity contribution in [1.29, 1.82) is 0 Å². The summed E-state index contributed by atoms with van der Waals surface area (Å²) < 4.78 is 0. The highest BCUT2D eigenvalue weighted by Crippen LogP contribution is 2.53. The zero-order valence-corrected chi connectivity index (χ0v) is 13.3. The van der Waals surface area contributed by atoms with Crippen LogP contribution in [0, 0.1) is 5.92 Å². The molecule has 7 nitrogen and oxygen atoms in total. The first-order valence-corrected chi connectivity index (χ1v) is 8.32. The predicted octanol–water partition coefficient (Wildman–Crippen LogP) is 2.22. The van der Waals surface area contributed by atoms with Gasteiger partial charge in [-0.15, -0.1) is 0 Å². The van der Waals surface area contributed by atoms with Crippen LogP contribution in [0.1, 0.15) is 36.2 Å². The Hall–Kier alpha value is -2.57. The molecule has 0 radical (unpaired) electrons. The number of nitrogens with one attached hydrogen (secondary N) is 2. The predicted molar refractivity (Wildman–Crippen MR) is 87.8 cm³/mol. The molecule has 2 amide bonds. The third-order valence-corrected chi connectivity index (χ3v) is 5.38. The fraction of sp³-hybridized carbons (Fsp3) is 0.471. The Balaban J connectivity index is 1.40. The van der Waals surface area contributed by atoms with Gasteiger partial charge in [-0.3, -0.25) is 9.78 Å². The number of carbonyl (C=O) groups excluding carboxylic acids is 1. The molecule has 126 valence electrons. The van der Waals surface area contributed by atoms with E-state index in [0.29, 0.717) is 18.8 Å². The summed E-state index contributed by atoms with van der Waals surface area (Å²) in [5.41, 5.74) is 1.13. The summed E-state index contributed by atoms with van der Waals surface area (Å²) in [4.78, 5) is 32.5. The van der Waals surface area contributed by atoms with Gasteiger partial charge < -0.3 is 20.3 Å². The van der Waals surface area contributed by atoms with Crippen molar-refractivity contribution in [2.24, 2.45) is 5.92 Å². The number of fused-ring (bicyclic) bond motifs is 1. The second-order valence-electron chi connectivity index (χ2n) is 6.75. The number of likely N-dealkylation sites (tertiary alicyclic amines) is 1. The molecule has 4 rings (SSSR count). The minimum Gasteiger partial charge on any atom is -0.465 e. The number of aromatic nitrogens is 2. The van der Waals surface area contributed by atoms with Gasteiger partial charge in [-0.1, -0.05) is 0 Å². The third kappa shape index (κ3) is 2.40. The van der Waals surface area contributed by atoms with Gasteiger partial charge in [0.2, 0.25) is 0 Å². The molecule has 1 spiro atoms. The van der Waals surface area contributed by atoms with E-state index >= 15 is 0 Å². The summed E-state index contributed by atoms with van der Waals surface area (Å²) in [7, 11) is 0. The largest absolute Gasteiger partial charge is 0.465 e. The molecule has 2 aliphatic rings. The lowest BCUT2D eigenvalue weighted by atomic mass is 9.98. The van der Waals surface area contributed by atoms with Crippen LogP contribution in [-0.4, -0.2) is 50.6 Å². The van der Waals surface area contributed by atoms with Gasteiger partial charge >= 0.3 is 6.09 Å². The summed E-state index contributed by atoms with van der Waals surface area (Å²) in [6.45, 7) is 1.12. The van der Waals surface area contributed by atoms with Crippen LogP contribution in [-0.2, 0) is 0 Å². The summed E-state index contributed by atoms with van der Waals surface area (Å²) in [6.07, 6.45) is 6.28. The first kappa shape index (κ1) is 15.0. The minimum absolute atomic E-state index is 0.161. The zero-order valence-electron chi connectivity index (χ0n) is 13.3. The monoisotopic (exact) mass is 328 g/mol. The molecule has 0 bridgehead atoms. The van der Waals surface area contributed by atoms with Gasteiger partial charge in [-0.2, -0.15) is 0 Å². The summed E-state index contributed by atoms with van der Waals surface area (Å²) in [6, 6.07) is 3.61. The van der Waals surface area contributed by atoms with Gasteiger partial charge in [0.15, 0.2) is 0 Å². The Bertz CT molecular complexity index is 769. The van der Waals surface area contributed by atoms with Crippen molar-refractivity contribution in [3.63, 3.8) is 0 Å². The van der Waals surface area contributed by atoms with E-state index in [1.54, 1.807) is 23.4 Å². The molecule has 1 aliphatic heterocycles. The SMILES string of the molecule is O=C(NCC1CC12CCCCN2C(=O)O)c1cc2cnccc2[nH]1. The lowest BCUT2D eigenvalue weighted by Crippen LogP contribution is -2.47. The Morgan fingerprint density at radius 3 is 3.12 bits per heavy atom. The van der Waals surface area contributed by atoms with Gasteiger partial charge in [0.1, 0.15) is 5.69 Å². The van der Waals surface area contributed by atoms with E-state index in [0.717, 1.165) is 36.6 Å². The number of nitrogens with zero attached hydrogens (tertiary/aromatic N) is 2. The maximum atomic E-state index is 12.3. The highest BCUT2D eigenvalue weighted by molar-refractivity contribution is 5.97. The second kappa shape index (κ2) is 5.51. The maximum Gasteiger partial charge on any atom is 0.407 e. The molecule has 1 saturated heterocycles. The van der Waals surface area contributed by atoms with Crippen LogP contribution in [0.4, 0.5) is 4.79 Å². The van der Waals surface area contributed by atoms with E-state index in [9.17, 15) is 14.7 Å². The third-order valence-electron chi connectivity index (χ3n) is 5.38. The molecule has 24 heavy (non-hydrogen) atoms. The summed E-state index contributed by atoms with van der Waals surface area (Å²) in [5, 5.41) is 13.2. The van der Waals surface area contributed by atoms with E-state index in [4.69, 9.17) is 0 Å². The molecule has 0 aromatic carbocycles. The molecule has 3 heterocycles. The van der Waals surface area contributed by atoms with Crippen LogP contribution in [0.15, 0.2) is 24.5 Å². The smallest absolute Gasteiger partial charge is 0.407 e. The van der Waals surface area contributed by atoms with Crippen LogP contribution < -0.4 is 5.32 Å². The number of H-pyrrole nitrogens is 1. The van der Waals surface area contributed by atoms with Crippen molar-refractivity contribution in [2.45, 2.75) is 31.2 Å². The van der Waals surface area contributed by atoms with Crippen LogP contribution in [0.3, 0.4) is 0 Å². The molecule has 1 aliphatic carbocycles. The quantitative estimate of drug-likeness (QED) is 0.804. The van der Waals surface area contributed by atoms with Crippen molar-refractivity contribution < 1.29 is 14.7 Å². The fourth-order valence-corrected chi connectivity index (χ4v) is 4.02. The molecule has 3 N–H and O–H groups in total. The Morgan fingerprint density at radius 1 is 1.46 bits per heavy atom. The van der Waals surface area contributed by atoms with E-state index in [-0.39, 0.29) is 17.4 Å². The number of carboxylic acid groups (broad SMARTS) is 1. The maximum absolute atomic E-state index is 12.3. The average molecular weight is 328 g/mol. The fourth-order valence-electron chi connectivity index (χ4n) is 4.02. The normalized spacial score (nSPS) is 25.8. The number of piperidine rings is 1. The zero-order chi connectivity index (χ0) is 16.7. The molecule has 7 heteroatoms. The summed E-state index contributed by atoms with van der Waals surface area (Å²) in [5.74, 6) is 0.0508. The number of rotatable bonds is 3. The van der Waals surface area contributed by atoms with E-state index in [2.05, 4.69) is 15.3 Å². The molecular weight excluding hydrogens is 308 g/mol. The van der Waals surface area contributed by atoms with E-state index < -0.39 is 6.09 Å². The topological polar surface area (TPSA) is 98.3 Å². The second-order valence-corrected chi connectivity index (χ2v) is 6.75. The van der Waals surface area contributed by atoms with Gasteiger partial charge in [-0.05, 0) is 37.8 Å². The van der Waals surface area contributed by atoms with Gasteiger partial charge in [0.25, 0.3) is 5.91 Å². The Morgan fingerprint density at radius 2 is 2.33 bits per heavy atom. The highest BCUT2D eigenvalue weighted by atomic mass is 16.4. The Labute approximate surface area is 139 Å². The number of hydrogen-bond acceptors (Lipinski definition) is 3. The number of aromatic amines is 1. The number of hydrogen-bond donors (Lipinski definition) is 3. The van der Waals surface area contributed by atoms with E-state index in [1.807, 2.05) is 6.07 Å². The molecular formula is C17H20N4O3. The molecule has 2 unspecified atom stereocenters. The van der Waals surface area contributed by atoms with Crippen LogP contribution in [0.25, 0.3) is 10.9 Å². The van der Waals surface area contributed by atoms with Crippen LogP contribution in [0.2, 0.25) is 0 Å².